The second-order valence-electron chi connectivity index (χ2n) is 9.07. The Morgan fingerprint density at radius 2 is 1.62 bits per heavy atom. The van der Waals surface area contributed by atoms with E-state index in [2.05, 4.69) is 18.7 Å². The lowest BCUT2D eigenvalue weighted by Gasteiger charge is -2.41. The quantitative estimate of drug-likeness (QED) is 0.749. The van der Waals surface area contributed by atoms with Crippen molar-refractivity contribution < 1.29 is 13.2 Å². The van der Waals surface area contributed by atoms with Gasteiger partial charge in [-0.2, -0.15) is 4.31 Å². The third kappa shape index (κ3) is 4.84. The minimum atomic E-state index is -3.50. The molecule has 3 atom stereocenters. The maximum Gasteiger partial charge on any atom is 0.243 e. The molecule has 2 saturated heterocycles. The second kappa shape index (κ2) is 8.74. The fourth-order valence-electron chi connectivity index (χ4n) is 4.82. The highest BCUT2D eigenvalue weighted by Gasteiger charge is 2.35. The van der Waals surface area contributed by atoms with E-state index in [9.17, 15) is 13.2 Å². The van der Waals surface area contributed by atoms with E-state index >= 15 is 0 Å². The molecule has 1 aromatic rings. The molecular formula is C22H35N3O3S. The Kier molecular flexibility index (Phi) is 6.70. The SMILES string of the molecule is Cc1ccc(S(=O)(=O)N2CCN(C(C)C(=O)N3CC(C)CC(C)C3)CC2)c(C)c1. The third-order valence-corrected chi connectivity index (χ3v) is 8.37. The van der Waals surface area contributed by atoms with Crippen molar-refractivity contribution in [2.24, 2.45) is 11.8 Å². The van der Waals surface area contributed by atoms with Crippen molar-refractivity contribution in [3.05, 3.63) is 29.3 Å². The highest BCUT2D eigenvalue weighted by atomic mass is 32.2. The fraction of sp³-hybridized carbons (Fsp3) is 0.682. The number of nitrogens with zero attached hydrogens (tertiary/aromatic N) is 3. The molecule has 2 aliphatic heterocycles. The number of piperidine rings is 1. The number of aryl methyl sites for hydroxylation is 2. The minimum Gasteiger partial charge on any atom is -0.341 e. The van der Waals surface area contributed by atoms with Gasteiger partial charge in [-0.05, 0) is 50.7 Å². The second-order valence-corrected chi connectivity index (χ2v) is 11.0. The number of hydrogen-bond donors (Lipinski definition) is 0. The molecule has 0 radical (unpaired) electrons. The zero-order valence-electron chi connectivity index (χ0n) is 18.4. The van der Waals surface area contributed by atoms with Gasteiger partial charge in [0.15, 0.2) is 0 Å². The van der Waals surface area contributed by atoms with Crippen LogP contribution in [-0.2, 0) is 14.8 Å². The maximum absolute atomic E-state index is 13.1. The predicted molar refractivity (Wildman–Crippen MR) is 115 cm³/mol. The highest BCUT2D eigenvalue weighted by molar-refractivity contribution is 7.89. The molecule has 7 heteroatoms. The molecule has 0 aliphatic carbocycles. The van der Waals surface area contributed by atoms with Gasteiger partial charge in [0.05, 0.1) is 10.9 Å². The van der Waals surface area contributed by atoms with Crippen LogP contribution in [0.25, 0.3) is 0 Å². The molecule has 3 rings (SSSR count). The first-order valence-electron chi connectivity index (χ1n) is 10.7. The number of hydrogen-bond acceptors (Lipinski definition) is 4. The number of carbonyl (C=O) groups is 1. The van der Waals surface area contributed by atoms with E-state index in [1.165, 1.54) is 6.42 Å². The van der Waals surface area contributed by atoms with Gasteiger partial charge in [0.2, 0.25) is 15.9 Å². The molecule has 162 valence electrons. The lowest BCUT2D eigenvalue weighted by atomic mass is 9.91. The molecule has 0 spiro atoms. The van der Waals surface area contributed by atoms with Gasteiger partial charge in [-0.15, -0.1) is 0 Å². The number of piperazine rings is 1. The van der Waals surface area contributed by atoms with Gasteiger partial charge in [0.1, 0.15) is 0 Å². The summed E-state index contributed by atoms with van der Waals surface area (Å²) >= 11 is 0. The highest BCUT2D eigenvalue weighted by Crippen LogP contribution is 2.24. The molecule has 6 nitrogen and oxygen atoms in total. The summed E-state index contributed by atoms with van der Waals surface area (Å²) in [7, 11) is -3.50. The number of benzene rings is 1. The van der Waals surface area contributed by atoms with Crippen molar-refractivity contribution in [3.63, 3.8) is 0 Å². The Bertz CT molecular complexity index is 837. The minimum absolute atomic E-state index is 0.175. The topological polar surface area (TPSA) is 60.9 Å². The molecule has 0 bridgehead atoms. The summed E-state index contributed by atoms with van der Waals surface area (Å²) in [6.07, 6.45) is 1.17. The average molecular weight is 422 g/mol. The van der Waals surface area contributed by atoms with Gasteiger partial charge in [-0.1, -0.05) is 31.5 Å². The number of carbonyl (C=O) groups excluding carboxylic acids is 1. The van der Waals surface area contributed by atoms with E-state index in [1.807, 2.05) is 37.8 Å². The molecule has 0 aromatic heterocycles. The third-order valence-electron chi connectivity index (χ3n) is 6.31. The predicted octanol–water partition coefficient (Wildman–Crippen LogP) is 2.50. The molecule has 0 saturated carbocycles. The molecule has 0 N–H and O–H groups in total. The van der Waals surface area contributed by atoms with E-state index in [0.717, 1.165) is 24.2 Å². The standard InChI is InChI=1S/C22H35N3O3S/c1-16-6-7-21(19(4)13-16)29(27,28)25-10-8-23(9-11-25)20(5)22(26)24-14-17(2)12-18(3)15-24/h6-7,13,17-18,20H,8-12,14-15H2,1-5H3. The first-order valence-corrected chi connectivity index (χ1v) is 12.1. The van der Waals surface area contributed by atoms with E-state index < -0.39 is 10.0 Å². The average Bonchev–Trinajstić information content (AvgIpc) is 2.66. The lowest BCUT2D eigenvalue weighted by molar-refractivity contribution is -0.139. The van der Waals surface area contributed by atoms with Gasteiger partial charge < -0.3 is 4.90 Å². The van der Waals surface area contributed by atoms with Crippen molar-refractivity contribution in [1.82, 2.24) is 14.1 Å². The Morgan fingerprint density at radius 3 is 2.17 bits per heavy atom. The van der Waals surface area contributed by atoms with E-state index in [0.29, 0.717) is 42.9 Å². The van der Waals surface area contributed by atoms with Crippen LogP contribution < -0.4 is 0 Å². The van der Waals surface area contributed by atoms with Crippen molar-refractivity contribution in [2.75, 3.05) is 39.3 Å². The van der Waals surface area contributed by atoms with Gasteiger partial charge in [0.25, 0.3) is 0 Å². The van der Waals surface area contributed by atoms with Crippen molar-refractivity contribution >= 4 is 15.9 Å². The summed E-state index contributed by atoms with van der Waals surface area (Å²) < 4.78 is 27.7. The molecule has 3 unspecified atom stereocenters. The smallest absolute Gasteiger partial charge is 0.243 e. The van der Waals surface area contributed by atoms with Crippen LogP contribution in [-0.4, -0.2) is 73.7 Å². The van der Waals surface area contributed by atoms with Crippen LogP contribution in [0, 0.1) is 25.7 Å². The Balaban J connectivity index is 1.63. The van der Waals surface area contributed by atoms with Crippen molar-refractivity contribution in [2.45, 2.75) is 52.0 Å². The number of amides is 1. The molecule has 2 fully saturated rings. The summed E-state index contributed by atoms with van der Waals surface area (Å²) in [5, 5.41) is 0. The van der Waals surface area contributed by atoms with E-state index in [-0.39, 0.29) is 11.9 Å². The lowest BCUT2D eigenvalue weighted by Crippen LogP contribution is -2.56. The molecule has 2 heterocycles. The van der Waals surface area contributed by atoms with Gasteiger partial charge in [-0.25, -0.2) is 8.42 Å². The maximum atomic E-state index is 13.1. The number of sulfonamides is 1. The van der Waals surface area contributed by atoms with Gasteiger partial charge >= 0.3 is 0 Å². The normalized spacial score (nSPS) is 25.8. The molecule has 29 heavy (non-hydrogen) atoms. The van der Waals surface area contributed by atoms with Gasteiger partial charge in [-0.3, -0.25) is 9.69 Å². The fourth-order valence-corrected chi connectivity index (χ4v) is 6.45. The Hall–Kier alpha value is -1.44. The van der Waals surface area contributed by atoms with Crippen molar-refractivity contribution in [1.29, 1.82) is 0 Å². The largest absolute Gasteiger partial charge is 0.341 e. The number of likely N-dealkylation sites (tertiary alicyclic amines) is 1. The molecular weight excluding hydrogens is 386 g/mol. The Labute approximate surface area is 175 Å². The van der Waals surface area contributed by atoms with Crippen LogP contribution >= 0.6 is 0 Å². The van der Waals surface area contributed by atoms with Crippen LogP contribution in [0.2, 0.25) is 0 Å². The Morgan fingerprint density at radius 1 is 1.03 bits per heavy atom. The zero-order valence-corrected chi connectivity index (χ0v) is 19.2. The van der Waals surface area contributed by atoms with E-state index in [4.69, 9.17) is 0 Å². The summed E-state index contributed by atoms with van der Waals surface area (Å²) in [5.74, 6) is 1.25. The number of rotatable bonds is 4. The van der Waals surface area contributed by atoms with Crippen LogP contribution in [0.5, 0.6) is 0 Å². The van der Waals surface area contributed by atoms with E-state index in [1.54, 1.807) is 10.4 Å². The van der Waals surface area contributed by atoms with Crippen LogP contribution in [0.4, 0.5) is 0 Å². The van der Waals surface area contributed by atoms with Crippen LogP contribution in [0.3, 0.4) is 0 Å². The molecule has 2 aliphatic rings. The van der Waals surface area contributed by atoms with Crippen molar-refractivity contribution in [3.8, 4) is 0 Å². The summed E-state index contributed by atoms with van der Waals surface area (Å²) in [5.41, 5.74) is 1.84. The summed E-state index contributed by atoms with van der Waals surface area (Å²) in [4.78, 5) is 17.5. The van der Waals surface area contributed by atoms with Gasteiger partial charge in [0, 0.05) is 39.3 Å². The van der Waals surface area contributed by atoms with Crippen LogP contribution in [0.15, 0.2) is 23.1 Å². The first kappa shape index (κ1) is 22.2. The monoisotopic (exact) mass is 421 g/mol. The van der Waals surface area contributed by atoms with Crippen LogP contribution in [0.1, 0.15) is 38.3 Å². The summed E-state index contributed by atoms with van der Waals surface area (Å²) in [6.45, 7) is 13.8. The molecule has 1 amide bonds. The summed E-state index contributed by atoms with van der Waals surface area (Å²) in [6, 6.07) is 5.25. The first-order chi connectivity index (χ1) is 13.6. The zero-order chi connectivity index (χ0) is 21.3. The molecule has 1 aromatic carbocycles.